The van der Waals surface area contributed by atoms with Gasteiger partial charge < -0.3 is 24.8 Å². The van der Waals surface area contributed by atoms with Crippen molar-refractivity contribution in [2.75, 3.05) is 38.0 Å². The predicted molar refractivity (Wildman–Crippen MR) is 95.1 cm³/mol. The summed E-state index contributed by atoms with van der Waals surface area (Å²) in [6.07, 6.45) is 3.85. The number of anilines is 3. The molecule has 1 fully saturated rings. The Bertz CT molecular complexity index is 725. The Kier molecular flexibility index (Phi) is 5.72. The van der Waals surface area contributed by atoms with Crippen LogP contribution in [0.4, 0.5) is 17.5 Å². The largest absolute Gasteiger partial charge is 0.495 e. The summed E-state index contributed by atoms with van der Waals surface area (Å²) in [5.74, 6) is 2.05. The Morgan fingerprint density at radius 3 is 2.84 bits per heavy atom. The standard InChI is InChI=1S/C16H20ClN5O3/c1-23-13-7-12(14(24-2)6-11(13)17)20-15-9-19-22-16(21-15)18-8-10-4-3-5-25-10/h6-7,9-10H,3-5,8H2,1-2H3,(H2,18,20,21,22). The first-order chi connectivity index (χ1) is 12.2. The number of halogens is 1. The third-order valence-corrected chi connectivity index (χ3v) is 4.10. The molecule has 0 radical (unpaired) electrons. The van der Waals surface area contributed by atoms with Gasteiger partial charge in [-0.15, -0.1) is 5.10 Å². The van der Waals surface area contributed by atoms with Gasteiger partial charge in [0.15, 0.2) is 5.82 Å². The van der Waals surface area contributed by atoms with E-state index in [1.807, 2.05) is 0 Å². The second-order valence-corrected chi connectivity index (χ2v) is 5.90. The number of nitrogens with one attached hydrogen (secondary N) is 2. The van der Waals surface area contributed by atoms with E-state index in [1.165, 1.54) is 6.20 Å². The molecule has 1 aliphatic rings. The lowest BCUT2D eigenvalue weighted by Gasteiger charge is -2.14. The van der Waals surface area contributed by atoms with Crippen LogP contribution in [-0.2, 0) is 4.74 Å². The minimum absolute atomic E-state index is 0.195. The normalized spacial score (nSPS) is 16.5. The average molecular weight is 366 g/mol. The lowest BCUT2D eigenvalue weighted by molar-refractivity contribution is 0.120. The molecular weight excluding hydrogens is 346 g/mol. The molecule has 0 bridgehead atoms. The number of aromatic nitrogens is 3. The molecule has 2 N–H and O–H groups in total. The fourth-order valence-electron chi connectivity index (χ4n) is 2.55. The number of benzene rings is 1. The fourth-order valence-corrected chi connectivity index (χ4v) is 2.78. The maximum absolute atomic E-state index is 6.12. The van der Waals surface area contributed by atoms with E-state index < -0.39 is 0 Å². The molecule has 1 unspecified atom stereocenters. The van der Waals surface area contributed by atoms with Gasteiger partial charge in [0.25, 0.3) is 0 Å². The van der Waals surface area contributed by atoms with Crippen LogP contribution in [0.5, 0.6) is 11.5 Å². The SMILES string of the molecule is COc1cc(Nc2cnnc(NCC3CCCO3)n2)c(OC)cc1Cl. The lowest BCUT2D eigenvalue weighted by atomic mass is 10.2. The van der Waals surface area contributed by atoms with E-state index in [0.717, 1.165) is 19.4 Å². The zero-order chi connectivity index (χ0) is 17.6. The third-order valence-electron chi connectivity index (χ3n) is 3.81. The first-order valence-corrected chi connectivity index (χ1v) is 8.31. The van der Waals surface area contributed by atoms with Gasteiger partial charge in [0, 0.05) is 25.3 Å². The summed E-state index contributed by atoms with van der Waals surface area (Å²) >= 11 is 6.12. The van der Waals surface area contributed by atoms with E-state index in [4.69, 9.17) is 25.8 Å². The first-order valence-electron chi connectivity index (χ1n) is 7.93. The molecule has 0 amide bonds. The summed E-state index contributed by atoms with van der Waals surface area (Å²) < 4.78 is 16.2. The van der Waals surface area contributed by atoms with E-state index in [1.54, 1.807) is 26.4 Å². The third kappa shape index (κ3) is 4.40. The van der Waals surface area contributed by atoms with Crippen molar-refractivity contribution in [1.29, 1.82) is 0 Å². The highest BCUT2D eigenvalue weighted by Gasteiger charge is 2.16. The van der Waals surface area contributed by atoms with Crippen molar-refractivity contribution in [3.8, 4) is 11.5 Å². The van der Waals surface area contributed by atoms with Gasteiger partial charge in [-0.25, -0.2) is 0 Å². The molecule has 9 heteroatoms. The highest BCUT2D eigenvalue weighted by molar-refractivity contribution is 6.32. The minimum atomic E-state index is 0.195. The summed E-state index contributed by atoms with van der Waals surface area (Å²) in [5.41, 5.74) is 0.661. The maximum Gasteiger partial charge on any atom is 0.244 e. The number of ether oxygens (including phenoxy) is 3. The Hall–Kier alpha value is -2.32. The molecule has 134 valence electrons. The van der Waals surface area contributed by atoms with Crippen LogP contribution in [0.25, 0.3) is 0 Å². The van der Waals surface area contributed by atoms with Crippen molar-refractivity contribution < 1.29 is 14.2 Å². The van der Waals surface area contributed by atoms with Gasteiger partial charge in [0.2, 0.25) is 5.95 Å². The summed E-state index contributed by atoms with van der Waals surface area (Å²) in [4.78, 5) is 4.40. The maximum atomic E-state index is 6.12. The van der Waals surface area contributed by atoms with Crippen LogP contribution < -0.4 is 20.1 Å². The van der Waals surface area contributed by atoms with Gasteiger partial charge in [0.1, 0.15) is 11.5 Å². The second-order valence-electron chi connectivity index (χ2n) is 5.49. The van der Waals surface area contributed by atoms with Gasteiger partial charge in [-0.3, -0.25) is 0 Å². The Morgan fingerprint density at radius 2 is 2.12 bits per heavy atom. The van der Waals surface area contributed by atoms with E-state index in [2.05, 4.69) is 25.8 Å². The molecule has 1 aromatic carbocycles. The molecule has 0 spiro atoms. The number of rotatable bonds is 7. The Morgan fingerprint density at radius 1 is 1.28 bits per heavy atom. The second kappa shape index (κ2) is 8.17. The topological polar surface area (TPSA) is 90.4 Å². The molecule has 1 saturated heterocycles. The van der Waals surface area contributed by atoms with Crippen molar-refractivity contribution >= 4 is 29.1 Å². The molecule has 2 aromatic rings. The molecule has 3 rings (SSSR count). The lowest BCUT2D eigenvalue weighted by Crippen LogP contribution is -2.20. The highest BCUT2D eigenvalue weighted by atomic mass is 35.5. The Balaban J connectivity index is 1.73. The molecule has 2 heterocycles. The van der Waals surface area contributed by atoms with Crippen LogP contribution in [0.15, 0.2) is 18.3 Å². The van der Waals surface area contributed by atoms with Crippen molar-refractivity contribution in [2.45, 2.75) is 18.9 Å². The van der Waals surface area contributed by atoms with E-state index in [9.17, 15) is 0 Å². The van der Waals surface area contributed by atoms with Gasteiger partial charge in [-0.1, -0.05) is 11.6 Å². The molecular formula is C16H20ClN5O3. The van der Waals surface area contributed by atoms with Crippen LogP contribution in [0.1, 0.15) is 12.8 Å². The fraction of sp³-hybridized carbons (Fsp3) is 0.438. The number of nitrogens with zero attached hydrogens (tertiary/aromatic N) is 3. The van der Waals surface area contributed by atoms with E-state index >= 15 is 0 Å². The van der Waals surface area contributed by atoms with Crippen LogP contribution in [0.2, 0.25) is 5.02 Å². The Labute approximate surface area is 150 Å². The van der Waals surface area contributed by atoms with Crippen LogP contribution in [0, 0.1) is 0 Å². The smallest absolute Gasteiger partial charge is 0.244 e. The highest BCUT2D eigenvalue weighted by Crippen LogP contribution is 2.37. The molecule has 1 aliphatic heterocycles. The van der Waals surface area contributed by atoms with Gasteiger partial charge in [-0.2, -0.15) is 10.1 Å². The zero-order valence-electron chi connectivity index (χ0n) is 14.1. The van der Waals surface area contributed by atoms with E-state index in [0.29, 0.717) is 40.5 Å². The van der Waals surface area contributed by atoms with Crippen LogP contribution in [0.3, 0.4) is 0 Å². The van der Waals surface area contributed by atoms with Crippen molar-refractivity contribution in [1.82, 2.24) is 15.2 Å². The number of methoxy groups -OCH3 is 2. The molecule has 0 saturated carbocycles. The van der Waals surface area contributed by atoms with Crippen LogP contribution >= 0.6 is 11.6 Å². The van der Waals surface area contributed by atoms with Gasteiger partial charge >= 0.3 is 0 Å². The zero-order valence-corrected chi connectivity index (χ0v) is 14.8. The van der Waals surface area contributed by atoms with Gasteiger partial charge in [-0.05, 0) is 12.8 Å². The molecule has 8 nitrogen and oxygen atoms in total. The monoisotopic (exact) mass is 365 g/mol. The number of hydrogen-bond donors (Lipinski definition) is 2. The van der Waals surface area contributed by atoms with E-state index in [-0.39, 0.29) is 6.10 Å². The van der Waals surface area contributed by atoms with Crippen molar-refractivity contribution in [3.05, 3.63) is 23.4 Å². The molecule has 1 atom stereocenters. The summed E-state index contributed by atoms with van der Waals surface area (Å²) in [6.45, 7) is 1.47. The first kappa shape index (κ1) is 17.5. The van der Waals surface area contributed by atoms with Crippen LogP contribution in [-0.4, -0.2) is 48.7 Å². The minimum Gasteiger partial charge on any atom is -0.495 e. The summed E-state index contributed by atoms with van der Waals surface area (Å²) in [7, 11) is 3.12. The van der Waals surface area contributed by atoms with Gasteiger partial charge in [0.05, 0.1) is 37.2 Å². The summed E-state index contributed by atoms with van der Waals surface area (Å²) in [5, 5.41) is 14.7. The quantitative estimate of drug-likeness (QED) is 0.774. The summed E-state index contributed by atoms with van der Waals surface area (Å²) in [6, 6.07) is 3.41. The molecule has 1 aromatic heterocycles. The average Bonchev–Trinajstić information content (AvgIpc) is 3.15. The molecule has 25 heavy (non-hydrogen) atoms. The molecule has 0 aliphatic carbocycles. The van der Waals surface area contributed by atoms with Crippen molar-refractivity contribution in [2.24, 2.45) is 0 Å². The predicted octanol–water partition coefficient (Wildman–Crippen LogP) is 2.88. The number of hydrogen-bond acceptors (Lipinski definition) is 8. The van der Waals surface area contributed by atoms with Crippen molar-refractivity contribution in [3.63, 3.8) is 0 Å².